The lowest BCUT2D eigenvalue weighted by atomic mass is 10.1. The second-order valence-corrected chi connectivity index (χ2v) is 7.19. The standard InChI is InChI=1S/C19H27N5O2/c1-13-16(14(2)26-22-13)7-8-18(25)24-11-5-6-17(24)19-20-10-9-15(21-19)12-23(3)4/h9-10,17H,5-8,11-12H2,1-4H3/t17-/m1/s1. The number of hydrogen-bond acceptors (Lipinski definition) is 6. The number of likely N-dealkylation sites (tertiary alicyclic amines) is 1. The van der Waals surface area contributed by atoms with Crippen molar-refractivity contribution in [2.24, 2.45) is 0 Å². The Morgan fingerprint density at radius 1 is 1.38 bits per heavy atom. The molecule has 2 aromatic rings. The number of carbonyl (C=O) groups is 1. The van der Waals surface area contributed by atoms with E-state index >= 15 is 0 Å². The summed E-state index contributed by atoms with van der Waals surface area (Å²) in [5.41, 5.74) is 2.89. The Bertz CT molecular complexity index is 752. The number of hydrogen-bond donors (Lipinski definition) is 0. The molecular formula is C19H27N5O2. The zero-order valence-corrected chi connectivity index (χ0v) is 16.0. The minimum atomic E-state index is -0.0192. The van der Waals surface area contributed by atoms with Crippen LogP contribution in [0.3, 0.4) is 0 Å². The van der Waals surface area contributed by atoms with Crippen LogP contribution in [0.1, 0.15) is 53.8 Å². The lowest BCUT2D eigenvalue weighted by Gasteiger charge is -2.24. The van der Waals surface area contributed by atoms with Gasteiger partial charge in [0, 0.05) is 31.3 Å². The normalized spacial score (nSPS) is 17.3. The first-order valence-electron chi connectivity index (χ1n) is 9.13. The molecule has 0 saturated carbocycles. The Morgan fingerprint density at radius 3 is 2.88 bits per heavy atom. The first-order valence-corrected chi connectivity index (χ1v) is 9.13. The molecule has 1 fully saturated rings. The second-order valence-electron chi connectivity index (χ2n) is 7.19. The molecule has 1 saturated heterocycles. The molecule has 1 aliphatic rings. The van der Waals surface area contributed by atoms with Crippen LogP contribution in [0.5, 0.6) is 0 Å². The summed E-state index contributed by atoms with van der Waals surface area (Å²) >= 11 is 0. The van der Waals surface area contributed by atoms with Crippen molar-refractivity contribution in [2.75, 3.05) is 20.6 Å². The monoisotopic (exact) mass is 357 g/mol. The van der Waals surface area contributed by atoms with Crippen LogP contribution in [-0.2, 0) is 17.8 Å². The summed E-state index contributed by atoms with van der Waals surface area (Å²) in [6.07, 6.45) is 4.82. The Hall–Kier alpha value is -2.28. The van der Waals surface area contributed by atoms with Gasteiger partial charge < -0.3 is 14.3 Å². The zero-order valence-electron chi connectivity index (χ0n) is 16.0. The highest BCUT2D eigenvalue weighted by Crippen LogP contribution is 2.30. The average molecular weight is 357 g/mol. The molecule has 0 spiro atoms. The van der Waals surface area contributed by atoms with E-state index in [9.17, 15) is 4.79 Å². The fourth-order valence-corrected chi connectivity index (χ4v) is 3.55. The van der Waals surface area contributed by atoms with E-state index in [0.29, 0.717) is 12.8 Å². The number of aromatic nitrogens is 3. The largest absolute Gasteiger partial charge is 0.361 e. The number of carbonyl (C=O) groups excluding carboxylic acids is 1. The molecule has 0 aromatic carbocycles. The molecule has 3 rings (SSSR count). The number of rotatable bonds is 6. The van der Waals surface area contributed by atoms with Crippen molar-refractivity contribution < 1.29 is 9.32 Å². The van der Waals surface area contributed by atoms with Gasteiger partial charge in [0.05, 0.1) is 17.4 Å². The van der Waals surface area contributed by atoms with Gasteiger partial charge in [-0.3, -0.25) is 4.79 Å². The summed E-state index contributed by atoms with van der Waals surface area (Å²) in [5, 5.41) is 3.96. The van der Waals surface area contributed by atoms with Crippen molar-refractivity contribution in [1.82, 2.24) is 24.9 Å². The highest BCUT2D eigenvalue weighted by molar-refractivity contribution is 5.77. The van der Waals surface area contributed by atoms with E-state index in [0.717, 1.165) is 54.5 Å². The Kier molecular flexibility index (Phi) is 5.66. The van der Waals surface area contributed by atoms with E-state index in [4.69, 9.17) is 9.51 Å². The van der Waals surface area contributed by atoms with Crippen molar-refractivity contribution in [3.8, 4) is 0 Å². The molecule has 0 bridgehead atoms. The van der Waals surface area contributed by atoms with E-state index in [-0.39, 0.29) is 11.9 Å². The van der Waals surface area contributed by atoms with Crippen LogP contribution in [-0.4, -0.2) is 51.5 Å². The molecule has 7 heteroatoms. The van der Waals surface area contributed by atoms with Gasteiger partial charge in [0.1, 0.15) is 5.76 Å². The topological polar surface area (TPSA) is 75.4 Å². The fraction of sp³-hybridized carbons (Fsp3) is 0.579. The number of nitrogens with zero attached hydrogens (tertiary/aromatic N) is 5. The second kappa shape index (κ2) is 7.95. The minimum Gasteiger partial charge on any atom is -0.361 e. The predicted octanol–water partition coefficient (Wildman–Crippen LogP) is 2.44. The highest BCUT2D eigenvalue weighted by Gasteiger charge is 2.32. The Labute approximate surface area is 154 Å². The molecule has 7 nitrogen and oxygen atoms in total. The maximum absolute atomic E-state index is 12.8. The number of amides is 1. The Balaban J connectivity index is 1.68. The zero-order chi connectivity index (χ0) is 18.7. The molecule has 0 aliphatic carbocycles. The fourth-order valence-electron chi connectivity index (χ4n) is 3.55. The average Bonchev–Trinajstić information content (AvgIpc) is 3.20. The van der Waals surface area contributed by atoms with Gasteiger partial charge in [-0.25, -0.2) is 9.97 Å². The van der Waals surface area contributed by atoms with Gasteiger partial charge in [-0.05, 0) is 53.3 Å². The third kappa shape index (κ3) is 4.09. The van der Waals surface area contributed by atoms with Crippen molar-refractivity contribution >= 4 is 5.91 Å². The first-order chi connectivity index (χ1) is 12.5. The van der Waals surface area contributed by atoms with Gasteiger partial charge >= 0.3 is 0 Å². The lowest BCUT2D eigenvalue weighted by molar-refractivity contribution is -0.132. The van der Waals surface area contributed by atoms with E-state index in [1.54, 1.807) is 6.20 Å². The van der Waals surface area contributed by atoms with Gasteiger partial charge in [0.15, 0.2) is 5.82 Å². The summed E-state index contributed by atoms with van der Waals surface area (Å²) in [7, 11) is 4.03. The molecule has 2 aromatic heterocycles. The van der Waals surface area contributed by atoms with Gasteiger partial charge in [0.2, 0.25) is 5.91 Å². The predicted molar refractivity (Wildman–Crippen MR) is 97.4 cm³/mol. The van der Waals surface area contributed by atoms with Crippen LogP contribution < -0.4 is 0 Å². The molecule has 1 aliphatic heterocycles. The molecular weight excluding hydrogens is 330 g/mol. The molecule has 0 radical (unpaired) electrons. The maximum atomic E-state index is 12.8. The molecule has 140 valence electrons. The molecule has 0 unspecified atom stereocenters. The summed E-state index contributed by atoms with van der Waals surface area (Å²) in [4.78, 5) is 26.0. The van der Waals surface area contributed by atoms with Crippen LogP contribution >= 0.6 is 0 Å². The summed E-state index contributed by atoms with van der Waals surface area (Å²) < 4.78 is 5.19. The third-order valence-corrected chi connectivity index (χ3v) is 4.85. The summed E-state index contributed by atoms with van der Waals surface area (Å²) in [6, 6.07) is 1.91. The first kappa shape index (κ1) is 18.5. The van der Waals surface area contributed by atoms with E-state index in [2.05, 4.69) is 15.0 Å². The Morgan fingerprint density at radius 2 is 2.19 bits per heavy atom. The summed E-state index contributed by atoms with van der Waals surface area (Å²) in [6.45, 7) is 5.34. The van der Waals surface area contributed by atoms with Gasteiger partial charge in [-0.1, -0.05) is 5.16 Å². The van der Waals surface area contributed by atoms with Gasteiger partial charge in [-0.15, -0.1) is 0 Å². The van der Waals surface area contributed by atoms with Crippen molar-refractivity contribution in [3.63, 3.8) is 0 Å². The van der Waals surface area contributed by atoms with E-state index in [1.807, 2.05) is 38.9 Å². The van der Waals surface area contributed by atoms with Gasteiger partial charge in [-0.2, -0.15) is 0 Å². The SMILES string of the molecule is Cc1noc(C)c1CCC(=O)N1CCC[C@@H]1c1nccc(CN(C)C)n1. The van der Waals surface area contributed by atoms with Crippen molar-refractivity contribution in [1.29, 1.82) is 0 Å². The smallest absolute Gasteiger partial charge is 0.223 e. The highest BCUT2D eigenvalue weighted by atomic mass is 16.5. The van der Waals surface area contributed by atoms with Crippen LogP contribution in [0, 0.1) is 13.8 Å². The van der Waals surface area contributed by atoms with Gasteiger partial charge in [0.25, 0.3) is 0 Å². The van der Waals surface area contributed by atoms with E-state index in [1.165, 1.54) is 0 Å². The van der Waals surface area contributed by atoms with Crippen molar-refractivity contribution in [2.45, 2.75) is 52.1 Å². The molecule has 1 atom stereocenters. The third-order valence-electron chi connectivity index (χ3n) is 4.85. The minimum absolute atomic E-state index is 0.0192. The molecule has 1 amide bonds. The van der Waals surface area contributed by atoms with Crippen LogP contribution in [0.25, 0.3) is 0 Å². The lowest BCUT2D eigenvalue weighted by Crippen LogP contribution is -2.32. The molecule has 0 N–H and O–H groups in total. The van der Waals surface area contributed by atoms with Crippen LogP contribution in [0.4, 0.5) is 0 Å². The maximum Gasteiger partial charge on any atom is 0.223 e. The summed E-state index contributed by atoms with van der Waals surface area (Å²) in [5.74, 6) is 1.70. The van der Waals surface area contributed by atoms with E-state index < -0.39 is 0 Å². The van der Waals surface area contributed by atoms with Crippen LogP contribution in [0.15, 0.2) is 16.8 Å². The number of aryl methyl sites for hydroxylation is 2. The van der Waals surface area contributed by atoms with Crippen molar-refractivity contribution in [3.05, 3.63) is 40.8 Å². The molecule has 26 heavy (non-hydrogen) atoms. The van der Waals surface area contributed by atoms with Crippen LogP contribution in [0.2, 0.25) is 0 Å². The quantitative estimate of drug-likeness (QED) is 0.790. The molecule has 3 heterocycles.